The van der Waals surface area contributed by atoms with Crippen LogP contribution in [0.3, 0.4) is 0 Å². The predicted molar refractivity (Wildman–Crippen MR) is 78.4 cm³/mol. The molecule has 0 aromatic rings. The highest BCUT2D eigenvalue weighted by molar-refractivity contribution is 7.99. The Bertz CT molecular complexity index is 146. The van der Waals surface area contributed by atoms with E-state index in [9.17, 15) is 0 Å². The van der Waals surface area contributed by atoms with E-state index in [2.05, 4.69) is 33.0 Å². The largest absolute Gasteiger partial charge is 0.316 e. The molecule has 0 saturated carbocycles. The van der Waals surface area contributed by atoms with Crippen LogP contribution < -0.4 is 5.32 Å². The summed E-state index contributed by atoms with van der Waals surface area (Å²) in [6.07, 6.45) is 6.77. The minimum Gasteiger partial charge on any atom is -0.316 e. The molecule has 98 valence electrons. The summed E-state index contributed by atoms with van der Waals surface area (Å²) in [6, 6.07) is 0. The van der Waals surface area contributed by atoms with Gasteiger partial charge in [-0.1, -0.05) is 47.0 Å². The van der Waals surface area contributed by atoms with Gasteiger partial charge in [-0.3, -0.25) is 0 Å². The van der Waals surface area contributed by atoms with Crippen LogP contribution in [0.5, 0.6) is 0 Å². The maximum Gasteiger partial charge on any atom is 0.000252 e. The Balaban J connectivity index is 3.35. The van der Waals surface area contributed by atoms with Crippen LogP contribution in [0.2, 0.25) is 0 Å². The zero-order chi connectivity index (χ0) is 12.3. The molecule has 0 heterocycles. The summed E-state index contributed by atoms with van der Waals surface area (Å²) in [5.74, 6) is 2.56. The Morgan fingerprint density at radius 1 is 1.06 bits per heavy atom. The third-order valence-electron chi connectivity index (χ3n) is 2.91. The number of hydrogen-bond donors (Lipinski definition) is 1. The van der Waals surface area contributed by atoms with Gasteiger partial charge in [0, 0.05) is 6.54 Å². The average molecular weight is 245 g/mol. The van der Waals surface area contributed by atoms with Gasteiger partial charge in [-0.25, -0.2) is 0 Å². The van der Waals surface area contributed by atoms with Crippen molar-refractivity contribution >= 4 is 11.8 Å². The van der Waals surface area contributed by atoms with Gasteiger partial charge in [0.2, 0.25) is 0 Å². The van der Waals surface area contributed by atoms with E-state index in [-0.39, 0.29) is 0 Å². The average Bonchev–Trinajstić information content (AvgIpc) is 2.23. The second-order valence-electron chi connectivity index (χ2n) is 5.35. The molecular weight excluding hydrogens is 214 g/mol. The monoisotopic (exact) mass is 245 g/mol. The van der Waals surface area contributed by atoms with Crippen molar-refractivity contribution in [3.05, 3.63) is 0 Å². The van der Waals surface area contributed by atoms with Gasteiger partial charge in [0.05, 0.1) is 0 Å². The van der Waals surface area contributed by atoms with Gasteiger partial charge in [-0.05, 0) is 36.3 Å². The van der Waals surface area contributed by atoms with E-state index >= 15 is 0 Å². The highest BCUT2D eigenvalue weighted by Crippen LogP contribution is 2.22. The molecule has 0 fully saturated rings. The minimum atomic E-state index is 0.479. The molecule has 0 unspecified atom stereocenters. The van der Waals surface area contributed by atoms with E-state index in [1.165, 1.54) is 56.7 Å². The first-order valence-electron chi connectivity index (χ1n) is 6.91. The molecular formula is C14H31NS. The smallest absolute Gasteiger partial charge is 0.000252 e. The molecule has 0 saturated heterocycles. The lowest BCUT2D eigenvalue weighted by molar-refractivity contribution is 0.303. The lowest BCUT2D eigenvalue weighted by Gasteiger charge is -2.25. The van der Waals surface area contributed by atoms with Crippen LogP contribution in [0, 0.1) is 5.41 Å². The third kappa shape index (κ3) is 10.8. The van der Waals surface area contributed by atoms with E-state index in [1.54, 1.807) is 0 Å². The van der Waals surface area contributed by atoms with E-state index in [4.69, 9.17) is 0 Å². The van der Waals surface area contributed by atoms with Crippen LogP contribution in [-0.2, 0) is 0 Å². The molecule has 0 atom stereocenters. The fraction of sp³-hybridized carbons (Fsp3) is 1.00. The molecule has 0 aliphatic carbocycles. The first-order chi connectivity index (χ1) is 7.62. The van der Waals surface area contributed by atoms with Gasteiger partial charge in [0.25, 0.3) is 0 Å². The Hall–Kier alpha value is 0.310. The zero-order valence-electron chi connectivity index (χ0n) is 11.8. The lowest BCUT2D eigenvalue weighted by Crippen LogP contribution is -2.30. The van der Waals surface area contributed by atoms with E-state index in [0.29, 0.717) is 5.41 Å². The van der Waals surface area contributed by atoms with Crippen LogP contribution in [0.15, 0.2) is 0 Å². The van der Waals surface area contributed by atoms with Crippen LogP contribution in [0.4, 0.5) is 0 Å². The van der Waals surface area contributed by atoms with Crippen LogP contribution in [-0.4, -0.2) is 24.6 Å². The van der Waals surface area contributed by atoms with Gasteiger partial charge >= 0.3 is 0 Å². The van der Waals surface area contributed by atoms with Crippen molar-refractivity contribution in [3.8, 4) is 0 Å². The van der Waals surface area contributed by atoms with Crippen molar-refractivity contribution in [2.75, 3.05) is 24.6 Å². The summed E-state index contributed by atoms with van der Waals surface area (Å²) in [7, 11) is 0. The first kappa shape index (κ1) is 16.3. The van der Waals surface area contributed by atoms with Gasteiger partial charge in [-0.2, -0.15) is 11.8 Å². The fourth-order valence-corrected chi connectivity index (χ4v) is 2.45. The van der Waals surface area contributed by atoms with Crippen LogP contribution in [0.1, 0.15) is 59.8 Å². The highest BCUT2D eigenvalue weighted by Gasteiger charge is 2.16. The molecule has 0 amide bonds. The molecule has 16 heavy (non-hydrogen) atoms. The third-order valence-corrected chi connectivity index (χ3v) is 3.89. The summed E-state index contributed by atoms with van der Waals surface area (Å²) in [5, 5.41) is 3.60. The minimum absolute atomic E-state index is 0.479. The maximum absolute atomic E-state index is 3.60. The van der Waals surface area contributed by atoms with E-state index in [0.717, 1.165) is 0 Å². The predicted octanol–water partition coefficient (Wildman–Crippen LogP) is 4.33. The topological polar surface area (TPSA) is 12.0 Å². The fourth-order valence-electron chi connectivity index (χ4n) is 1.81. The molecule has 1 N–H and O–H groups in total. The summed E-state index contributed by atoms with van der Waals surface area (Å²) < 4.78 is 0. The van der Waals surface area contributed by atoms with Crippen molar-refractivity contribution in [1.29, 1.82) is 0 Å². The van der Waals surface area contributed by atoms with Gasteiger partial charge in [0.1, 0.15) is 0 Å². The van der Waals surface area contributed by atoms with Gasteiger partial charge in [-0.15, -0.1) is 0 Å². The number of thioether (sulfide) groups is 1. The summed E-state index contributed by atoms with van der Waals surface area (Å²) in [6.45, 7) is 11.6. The molecule has 0 bridgehead atoms. The molecule has 0 aliphatic heterocycles. The van der Waals surface area contributed by atoms with E-state index < -0.39 is 0 Å². The molecule has 0 rings (SSSR count). The summed E-state index contributed by atoms with van der Waals surface area (Å²) in [4.78, 5) is 0. The van der Waals surface area contributed by atoms with Crippen molar-refractivity contribution in [2.45, 2.75) is 59.8 Å². The number of hydrogen-bond acceptors (Lipinski definition) is 2. The second kappa shape index (κ2) is 10.5. The molecule has 0 radical (unpaired) electrons. The molecule has 1 nitrogen and oxygen atoms in total. The standard InChI is InChI=1S/C14H31NS/c1-5-7-8-10-14(3,4)13-15-11-9-12-16-6-2/h15H,5-13H2,1-4H3. The summed E-state index contributed by atoms with van der Waals surface area (Å²) >= 11 is 2.04. The Kier molecular flexibility index (Phi) is 10.7. The molecule has 0 aliphatic rings. The SMILES string of the molecule is CCCCCC(C)(C)CNCCCSCC. The quantitative estimate of drug-likeness (QED) is 0.544. The summed E-state index contributed by atoms with van der Waals surface area (Å²) in [5.41, 5.74) is 0.479. The first-order valence-corrected chi connectivity index (χ1v) is 8.06. The number of rotatable bonds is 11. The number of unbranched alkanes of at least 4 members (excludes halogenated alkanes) is 2. The Labute approximate surface area is 107 Å². The van der Waals surface area contributed by atoms with E-state index in [1.807, 2.05) is 11.8 Å². The van der Waals surface area contributed by atoms with Gasteiger partial charge in [0.15, 0.2) is 0 Å². The van der Waals surface area contributed by atoms with Crippen molar-refractivity contribution in [2.24, 2.45) is 5.41 Å². The van der Waals surface area contributed by atoms with Crippen molar-refractivity contribution in [3.63, 3.8) is 0 Å². The lowest BCUT2D eigenvalue weighted by atomic mass is 9.87. The molecule has 0 aromatic heterocycles. The number of nitrogens with one attached hydrogen (secondary N) is 1. The van der Waals surface area contributed by atoms with Crippen LogP contribution in [0.25, 0.3) is 0 Å². The highest BCUT2D eigenvalue weighted by atomic mass is 32.2. The zero-order valence-corrected chi connectivity index (χ0v) is 12.6. The molecule has 0 spiro atoms. The maximum atomic E-state index is 3.60. The second-order valence-corrected chi connectivity index (χ2v) is 6.74. The van der Waals surface area contributed by atoms with Gasteiger partial charge < -0.3 is 5.32 Å². The van der Waals surface area contributed by atoms with Crippen molar-refractivity contribution < 1.29 is 0 Å². The molecule has 2 heteroatoms. The normalized spacial score (nSPS) is 12.0. The molecule has 0 aromatic carbocycles. The Morgan fingerprint density at radius 3 is 2.44 bits per heavy atom. The Morgan fingerprint density at radius 2 is 1.81 bits per heavy atom. The van der Waals surface area contributed by atoms with Crippen LogP contribution >= 0.6 is 11.8 Å². The van der Waals surface area contributed by atoms with Crippen molar-refractivity contribution in [1.82, 2.24) is 5.32 Å².